The number of carbonyl (C=O) groups excluding carboxylic acids is 1. The molecule has 0 aliphatic carbocycles. The van der Waals surface area contributed by atoms with Crippen LogP contribution in [0.2, 0.25) is 5.02 Å². The van der Waals surface area contributed by atoms with E-state index < -0.39 is 23.1 Å². The lowest BCUT2D eigenvalue weighted by Crippen LogP contribution is -2.50. The molecule has 7 heteroatoms. The summed E-state index contributed by atoms with van der Waals surface area (Å²) in [6.45, 7) is 0.799. The third-order valence-corrected chi connectivity index (χ3v) is 5.96. The van der Waals surface area contributed by atoms with Gasteiger partial charge in [0.25, 0.3) is 5.91 Å². The number of rotatable bonds is 1. The van der Waals surface area contributed by atoms with Gasteiger partial charge in [0.1, 0.15) is 17.4 Å². The summed E-state index contributed by atoms with van der Waals surface area (Å²) in [4.78, 5) is 14.3. The Morgan fingerprint density at radius 3 is 2.62 bits per heavy atom. The minimum atomic E-state index is -0.846. The van der Waals surface area contributed by atoms with E-state index in [1.165, 1.54) is 6.07 Å². The van der Waals surface area contributed by atoms with E-state index in [2.05, 4.69) is 4.57 Å². The fourth-order valence-electron chi connectivity index (χ4n) is 4.26. The van der Waals surface area contributed by atoms with Crippen LogP contribution in [0.25, 0.3) is 5.69 Å². The molecule has 0 unspecified atom stereocenters. The van der Waals surface area contributed by atoms with Crippen molar-refractivity contribution < 1.29 is 18.3 Å². The van der Waals surface area contributed by atoms with E-state index in [4.69, 9.17) is 16.3 Å². The Morgan fingerprint density at radius 1 is 1.07 bits per heavy atom. The molecule has 0 radical (unpaired) electrons. The van der Waals surface area contributed by atoms with Crippen LogP contribution in [0.3, 0.4) is 0 Å². The van der Waals surface area contributed by atoms with Gasteiger partial charge in [0.2, 0.25) is 0 Å². The average Bonchev–Trinajstić information content (AvgIpc) is 3.19. The van der Waals surface area contributed by atoms with Gasteiger partial charge in [0.15, 0.2) is 5.60 Å². The first-order valence-electron chi connectivity index (χ1n) is 9.38. The Labute approximate surface area is 171 Å². The summed E-state index contributed by atoms with van der Waals surface area (Å²) in [6, 6.07) is 12.6. The van der Waals surface area contributed by atoms with Crippen LogP contribution in [0.15, 0.2) is 54.7 Å². The smallest absolute Gasteiger partial charge is 0.256 e. The molecule has 1 amide bonds. The topological polar surface area (TPSA) is 34.5 Å². The first kappa shape index (κ1) is 18.2. The molecule has 2 aliphatic rings. The molecule has 1 aromatic heterocycles. The van der Waals surface area contributed by atoms with E-state index in [0.717, 1.165) is 23.5 Å². The predicted molar refractivity (Wildman–Crippen MR) is 105 cm³/mol. The van der Waals surface area contributed by atoms with Crippen molar-refractivity contribution in [2.45, 2.75) is 18.4 Å². The molecule has 0 atom stereocenters. The fraction of sp³-hybridized carbons (Fsp3) is 0.227. The summed E-state index contributed by atoms with van der Waals surface area (Å²) in [5.74, 6) is -1.29. The van der Waals surface area contributed by atoms with E-state index in [1.807, 2.05) is 30.5 Å². The zero-order chi connectivity index (χ0) is 20.2. The summed E-state index contributed by atoms with van der Waals surface area (Å²) in [7, 11) is 0. The Balaban J connectivity index is 1.42. The van der Waals surface area contributed by atoms with Crippen molar-refractivity contribution in [3.63, 3.8) is 0 Å². The summed E-state index contributed by atoms with van der Waals surface area (Å²) in [5, 5.41) is 0.592. The van der Waals surface area contributed by atoms with Gasteiger partial charge in [-0.3, -0.25) is 4.79 Å². The maximum absolute atomic E-state index is 14.0. The Bertz CT molecular complexity index is 1120. The molecular formula is C22H17ClF2N2O2. The lowest BCUT2D eigenvalue weighted by atomic mass is 9.86. The molecule has 1 fully saturated rings. The van der Waals surface area contributed by atoms with Gasteiger partial charge in [0, 0.05) is 49.3 Å². The maximum Gasteiger partial charge on any atom is 0.256 e. The van der Waals surface area contributed by atoms with Crippen molar-refractivity contribution in [3.8, 4) is 11.4 Å². The van der Waals surface area contributed by atoms with Crippen LogP contribution < -0.4 is 4.74 Å². The largest absolute Gasteiger partial charge is 0.479 e. The normalized spacial score (nSPS) is 16.9. The van der Waals surface area contributed by atoms with Gasteiger partial charge in [-0.05, 0) is 36.4 Å². The number of hydrogen-bond acceptors (Lipinski definition) is 2. The van der Waals surface area contributed by atoms with Crippen LogP contribution in [0.4, 0.5) is 8.78 Å². The van der Waals surface area contributed by atoms with Gasteiger partial charge >= 0.3 is 0 Å². The van der Waals surface area contributed by atoms with Crippen LogP contribution in [-0.2, 0) is 5.60 Å². The second-order valence-corrected chi connectivity index (χ2v) is 7.82. The average molecular weight is 415 g/mol. The van der Waals surface area contributed by atoms with Crippen LogP contribution in [0, 0.1) is 11.6 Å². The van der Waals surface area contributed by atoms with Crippen molar-refractivity contribution in [2.24, 2.45) is 0 Å². The van der Waals surface area contributed by atoms with Crippen LogP contribution >= 0.6 is 11.6 Å². The van der Waals surface area contributed by atoms with Crippen molar-refractivity contribution in [1.29, 1.82) is 0 Å². The van der Waals surface area contributed by atoms with Gasteiger partial charge in [-0.1, -0.05) is 11.6 Å². The first-order chi connectivity index (χ1) is 14.0. The van der Waals surface area contributed by atoms with Gasteiger partial charge in [0.05, 0.1) is 16.9 Å². The number of amides is 1. The number of piperidine rings is 1. The minimum Gasteiger partial charge on any atom is -0.479 e. The lowest BCUT2D eigenvalue weighted by molar-refractivity contribution is -0.00940. The molecule has 0 saturated carbocycles. The number of fused-ring (bicyclic) bond motifs is 4. The second kappa shape index (κ2) is 6.59. The summed E-state index contributed by atoms with van der Waals surface area (Å²) in [6.07, 6.45) is 3.09. The zero-order valence-corrected chi connectivity index (χ0v) is 16.1. The Kier molecular flexibility index (Phi) is 4.13. The molecule has 5 rings (SSSR count). The number of nitrogens with zero attached hydrogens (tertiary/aromatic N) is 2. The molecule has 2 aromatic carbocycles. The number of likely N-dealkylation sites (tertiary alicyclic amines) is 1. The molecular weight excluding hydrogens is 398 g/mol. The maximum atomic E-state index is 14.0. The Hall–Kier alpha value is -2.86. The third-order valence-electron chi connectivity index (χ3n) is 5.72. The van der Waals surface area contributed by atoms with E-state index in [0.29, 0.717) is 36.7 Å². The number of carbonyl (C=O) groups is 1. The van der Waals surface area contributed by atoms with Crippen LogP contribution in [0.5, 0.6) is 5.75 Å². The van der Waals surface area contributed by atoms with Gasteiger partial charge < -0.3 is 14.2 Å². The monoisotopic (exact) mass is 414 g/mol. The molecule has 0 bridgehead atoms. The SMILES string of the molecule is O=C(c1ccc(F)cc1F)N1CCC2(CC1)Oc1cc(Cl)ccc1-n1cccc12. The second-order valence-electron chi connectivity index (χ2n) is 7.39. The van der Waals surface area contributed by atoms with Crippen molar-refractivity contribution in [3.05, 3.63) is 82.6 Å². The highest BCUT2D eigenvalue weighted by atomic mass is 35.5. The van der Waals surface area contributed by atoms with E-state index in [-0.39, 0.29) is 5.56 Å². The zero-order valence-electron chi connectivity index (χ0n) is 15.4. The van der Waals surface area contributed by atoms with E-state index >= 15 is 0 Å². The standard InChI is InChI=1S/C22H17ClF2N2O2/c23-14-3-6-18-19(12-14)29-22(20-2-1-9-27(18)20)7-10-26(11-8-22)21(28)16-5-4-15(24)13-17(16)25/h1-6,9,12-13H,7-8,10-11H2. The van der Waals surface area contributed by atoms with Crippen molar-refractivity contribution in [1.82, 2.24) is 9.47 Å². The summed E-state index contributed by atoms with van der Waals surface area (Å²) < 4.78 is 35.7. The molecule has 2 aliphatic heterocycles. The first-order valence-corrected chi connectivity index (χ1v) is 9.76. The quantitative estimate of drug-likeness (QED) is 0.565. The predicted octanol–water partition coefficient (Wildman–Crippen LogP) is 4.93. The van der Waals surface area contributed by atoms with Crippen LogP contribution in [0.1, 0.15) is 28.9 Å². The molecule has 1 spiro atoms. The highest BCUT2D eigenvalue weighted by Crippen LogP contribution is 2.45. The van der Waals surface area contributed by atoms with Crippen molar-refractivity contribution >= 4 is 17.5 Å². The number of ether oxygens (including phenoxy) is 1. The van der Waals surface area contributed by atoms with Gasteiger partial charge in [-0.15, -0.1) is 0 Å². The Morgan fingerprint density at radius 2 is 1.86 bits per heavy atom. The molecule has 29 heavy (non-hydrogen) atoms. The van der Waals surface area contributed by atoms with Crippen molar-refractivity contribution in [2.75, 3.05) is 13.1 Å². The molecule has 3 aromatic rings. The summed E-state index contributed by atoms with van der Waals surface area (Å²) in [5.41, 5.74) is 1.24. The number of aromatic nitrogens is 1. The number of benzene rings is 2. The minimum absolute atomic E-state index is 0.118. The lowest BCUT2D eigenvalue weighted by Gasteiger charge is -2.45. The summed E-state index contributed by atoms with van der Waals surface area (Å²) >= 11 is 6.16. The highest BCUT2D eigenvalue weighted by molar-refractivity contribution is 6.30. The van der Waals surface area contributed by atoms with Crippen LogP contribution in [-0.4, -0.2) is 28.5 Å². The molecule has 3 heterocycles. The van der Waals surface area contributed by atoms with Gasteiger partial charge in [-0.2, -0.15) is 0 Å². The fourth-order valence-corrected chi connectivity index (χ4v) is 4.42. The number of hydrogen-bond donors (Lipinski definition) is 0. The molecule has 0 N–H and O–H groups in total. The van der Waals surface area contributed by atoms with Gasteiger partial charge in [-0.25, -0.2) is 8.78 Å². The number of halogens is 3. The highest BCUT2D eigenvalue weighted by Gasteiger charge is 2.44. The molecule has 148 valence electrons. The molecule has 1 saturated heterocycles. The molecule has 4 nitrogen and oxygen atoms in total. The van der Waals surface area contributed by atoms with E-state index in [9.17, 15) is 13.6 Å². The van der Waals surface area contributed by atoms with E-state index in [1.54, 1.807) is 11.0 Å². The third kappa shape index (κ3) is 2.90.